The second kappa shape index (κ2) is 1.98. The van der Waals surface area contributed by atoms with E-state index in [2.05, 4.69) is 6.58 Å². The third-order valence-corrected chi connectivity index (χ3v) is 0.618. The number of hydrogen-bond acceptors (Lipinski definition) is 1. The largest absolute Gasteiger partial charge is 0.382 e. The Balaban J connectivity index is 3.26. The summed E-state index contributed by atoms with van der Waals surface area (Å²) < 4.78 is 0. The smallest absolute Gasteiger partial charge is 0.114 e. The second-order valence-electron chi connectivity index (χ2n) is 1.37. The van der Waals surface area contributed by atoms with Gasteiger partial charge in [-0.25, -0.2) is 0 Å². The Bertz CT molecular complexity index is 55.0. The molecular formula is C5H9O. The fourth-order valence-corrected chi connectivity index (χ4v) is 0. The average Bonchev–Trinajstić information content (AvgIpc) is 1.36. The van der Waals surface area contributed by atoms with Gasteiger partial charge in [0.1, 0.15) is 6.10 Å². The summed E-state index contributed by atoms with van der Waals surface area (Å²) in [5, 5.41) is 8.45. The molecule has 0 aromatic rings. The molecule has 1 radical (unpaired) electrons. The second-order valence-corrected chi connectivity index (χ2v) is 1.37. The molecule has 6 heavy (non-hydrogen) atoms. The predicted octanol–water partition coefficient (Wildman–Crippen LogP) is 1.49. The van der Waals surface area contributed by atoms with Crippen LogP contribution in [-0.4, -0.2) is 5.11 Å². The zero-order valence-corrected chi connectivity index (χ0v) is 4.15. The van der Waals surface area contributed by atoms with Crippen molar-refractivity contribution in [2.75, 3.05) is 0 Å². The maximum atomic E-state index is 8.45. The summed E-state index contributed by atoms with van der Waals surface area (Å²) in [5.41, 5.74) is 0.731. The molecule has 0 rings (SSSR count). The molecule has 0 unspecified atom stereocenters. The zero-order chi connectivity index (χ0) is 5.15. The normalized spacial score (nSPS) is 9.33. The highest BCUT2D eigenvalue weighted by molar-refractivity contribution is 5.07. The molecule has 0 saturated carbocycles. The van der Waals surface area contributed by atoms with Gasteiger partial charge in [-0.3, -0.25) is 0 Å². The van der Waals surface area contributed by atoms with Crippen molar-refractivity contribution in [3.63, 3.8) is 0 Å². The summed E-state index contributed by atoms with van der Waals surface area (Å²) in [7, 11) is 0. The van der Waals surface area contributed by atoms with Crippen molar-refractivity contribution >= 4 is 0 Å². The molecule has 0 aliphatic carbocycles. The lowest BCUT2D eigenvalue weighted by atomic mass is 10.2. The van der Waals surface area contributed by atoms with Crippen LogP contribution in [0, 0.1) is 6.10 Å². The molecule has 1 N–H and O–H groups in total. The minimum absolute atomic E-state index is 0.315. The van der Waals surface area contributed by atoms with Crippen LogP contribution >= 0.6 is 0 Å². The monoisotopic (exact) mass is 85.1 g/mol. The molecule has 0 amide bonds. The topological polar surface area (TPSA) is 20.2 Å². The predicted molar refractivity (Wildman–Crippen MR) is 25.7 cm³/mol. The van der Waals surface area contributed by atoms with E-state index in [1.807, 2.05) is 0 Å². The Labute approximate surface area is 38.3 Å². The minimum atomic E-state index is 0.315. The van der Waals surface area contributed by atoms with Gasteiger partial charge >= 0.3 is 0 Å². The summed E-state index contributed by atoms with van der Waals surface area (Å²) in [5.74, 6) is 0. The van der Waals surface area contributed by atoms with Crippen LogP contribution in [0.3, 0.4) is 0 Å². The number of aliphatic hydroxyl groups is 1. The van der Waals surface area contributed by atoms with Gasteiger partial charge in [-0.05, 0) is 19.4 Å². The van der Waals surface area contributed by atoms with E-state index >= 15 is 0 Å². The van der Waals surface area contributed by atoms with Crippen molar-refractivity contribution in [2.24, 2.45) is 0 Å². The van der Waals surface area contributed by atoms with Gasteiger partial charge in [-0.1, -0.05) is 6.58 Å². The Kier molecular flexibility index (Phi) is 1.88. The molecule has 0 atom stereocenters. The lowest BCUT2D eigenvalue weighted by molar-refractivity contribution is 0.337. The van der Waals surface area contributed by atoms with Gasteiger partial charge in [0.15, 0.2) is 0 Å². The molecule has 0 saturated heterocycles. The summed E-state index contributed by atoms with van der Waals surface area (Å²) in [6.45, 7) is 6.84. The Morgan fingerprint density at radius 1 is 1.50 bits per heavy atom. The SMILES string of the molecule is C=C(C)[C](C)O. The molecule has 0 aromatic heterocycles. The van der Waals surface area contributed by atoms with Gasteiger partial charge in [-0.2, -0.15) is 0 Å². The molecule has 0 fully saturated rings. The third-order valence-electron chi connectivity index (χ3n) is 0.618. The summed E-state index contributed by atoms with van der Waals surface area (Å²) in [6, 6.07) is 0. The van der Waals surface area contributed by atoms with Crippen molar-refractivity contribution in [2.45, 2.75) is 13.8 Å². The summed E-state index contributed by atoms with van der Waals surface area (Å²) in [6.07, 6.45) is 0.315. The standard InChI is InChI=1S/C5H9O/c1-4(2)5(3)6/h6H,1H2,2-3H3. The highest BCUT2D eigenvalue weighted by Gasteiger charge is 1.91. The van der Waals surface area contributed by atoms with E-state index in [1.165, 1.54) is 0 Å². The van der Waals surface area contributed by atoms with Crippen LogP contribution in [-0.2, 0) is 0 Å². The van der Waals surface area contributed by atoms with Crippen molar-refractivity contribution in [1.82, 2.24) is 0 Å². The third kappa shape index (κ3) is 1.97. The van der Waals surface area contributed by atoms with Gasteiger partial charge in [0.25, 0.3) is 0 Å². The Morgan fingerprint density at radius 3 is 1.67 bits per heavy atom. The van der Waals surface area contributed by atoms with Gasteiger partial charge in [-0.15, -0.1) is 0 Å². The van der Waals surface area contributed by atoms with E-state index < -0.39 is 0 Å². The van der Waals surface area contributed by atoms with E-state index in [-0.39, 0.29) is 0 Å². The van der Waals surface area contributed by atoms with E-state index in [4.69, 9.17) is 5.11 Å². The highest BCUT2D eigenvalue weighted by Crippen LogP contribution is 2.01. The molecule has 35 valence electrons. The van der Waals surface area contributed by atoms with E-state index in [0.717, 1.165) is 5.57 Å². The molecule has 1 heteroatoms. The number of hydrogen-bond donors (Lipinski definition) is 1. The lowest BCUT2D eigenvalue weighted by Crippen LogP contribution is -1.85. The zero-order valence-electron chi connectivity index (χ0n) is 4.15. The fourth-order valence-electron chi connectivity index (χ4n) is 0. The van der Waals surface area contributed by atoms with Crippen LogP contribution < -0.4 is 0 Å². The van der Waals surface area contributed by atoms with Crippen LogP contribution in [0.25, 0.3) is 0 Å². The van der Waals surface area contributed by atoms with Crippen molar-refractivity contribution in [3.05, 3.63) is 18.3 Å². The average molecular weight is 85.1 g/mol. The quantitative estimate of drug-likeness (QED) is 0.511. The molecule has 0 bridgehead atoms. The van der Waals surface area contributed by atoms with Gasteiger partial charge in [0.05, 0.1) is 0 Å². The fraction of sp³-hybridized carbons (Fsp3) is 0.400. The maximum Gasteiger partial charge on any atom is 0.114 e. The number of rotatable bonds is 1. The maximum absolute atomic E-state index is 8.45. The van der Waals surface area contributed by atoms with Crippen LogP contribution in [0.1, 0.15) is 13.8 Å². The number of aliphatic hydroxyl groups excluding tert-OH is 1. The first-order valence-corrected chi connectivity index (χ1v) is 1.83. The van der Waals surface area contributed by atoms with E-state index in [9.17, 15) is 0 Å². The highest BCUT2D eigenvalue weighted by atomic mass is 16.3. The van der Waals surface area contributed by atoms with Gasteiger partial charge in [0, 0.05) is 0 Å². The molecule has 0 aliphatic heterocycles. The van der Waals surface area contributed by atoms with Crippen molar-refractivity contribution in [1.29, 1.82) is 0 Å². The van der Waals surface area contributed by atoms with Crippen LogP contribution in [0.2, 0.25) is 0 Å². The molecule has 0 spiro atoms. The lowest BCUT2D eigenvalue weighted by Gasteiger charge is -1.95. The molecular weight excluding hydrogens is 76.1 g/mol. The van der Waals surface area contributed by atoms with E-state index in [0.29, 0.717) is 6.10 Å². The van der Waals surface area contributed by atoms with Crippen molar-refractivity contribution < 1.29 is 5.11 Å². The molecule has 1 nitrogen and oxygen atoms in total. The Hall–Kier alpha value is -0.300. The van der Waals surface area contributed by atoms with Crippen molar-refractivity contribution in [3.8, 4) is 0 Å². The Morgan fingerprint density at radius 2 is 1.67 bits per heavy atom. The van der Waals surface area contributed by atoms with Gasteiger partial charge < -0.3 is 5.11 Å². The summed E-state index contributed by atoms with van der Waals surface area (Å²) >= 11 is 0. The molecule has 0 aliphatic rings. The van der Waals surface area contributed by atoms with Gasteiger partial charge in [0.2, 0.25) is 0 Å². The van der Waals surface area contributed by atoms with Crippen LogP contribution in [0.15, 0.2) is 12.2 Å². The minimum Gasteiger partial charge on any atom is -0.382 e. The molecule has 0 aromatic carbocycles. The first kappa shape index (κ1) is 5.70. The van der Waals surface area contributed by atoms with Crippen LogP contribution in [0.5, 0.6) is 0 Å². The first-order valence-electron chi connectivity index (χ1n) is 1.83. The first-order chi connectivity index (χ1) is 2.64. The van der Waals surface area contributed by atoms with E-state index in [1.54, 1.807) is 13.8 Å². The summed E-state index contributed by atoms with van der Waals surface area (Å²) in [4.78, 5) is 0. The molecule has 0 heterocycles. The van der Waals surface area contributed by atoms with Crippen LogP contribution in [0.4, 0.5) is 0 Å².